The first kappa shape index (κ1) is 17.3. The smallest absolute Gasteiger partial charge is 0.0904 e. The maximum Gasteiger partial charge on any atom is 0.0904 e. The average molecular weight is 336 g/mol. The van der Waals surface area contributed by atoms with E-state index >= 15 is 0 Å². The lowest BCUT2D eigenvalue weighted by Crippen LogP contribution is -3.02. The Morgan fingerprint density at radius 1 is 0.917 bits per heavy atom. The molecule has 2 saturated carbocycles. The summed E-state index contributed by atoms with van der Waals surface area (Å²) in [5.41, 5.74) is 0. The molecular formula is C21H39N2O+. The monoisotopic (exact) mass is 335 g/mol. The van der Waals surface area contributed by atoms with E-state index in [0.717, 1.165) is 36.6 Å². The summed E-state index contributed by atoms with van der Waals surface area (Å²) in [6.07, 6.45) is 17.4. The van der Waals surface area contributed by atoms with Gasteiger partial charge in [-0.25, -0.2) is 0 Å². The molecule has 138 valence electrons. The van der Waals surface area contributed by atoms with Crippen LogP contribution in [0.15, 0.2) is 0 Å². The second kappa shape index (κ2) is 8.05. The second-order valence-electron chi connectivity index (χ2n) is 9.22. The molecule has 0 amide bonds. The van der Waals surface area contributed by atoms with E-state index in [1.54, 1.807) is 0 Å². The van der Waals surface area contributed by atoms with Gasteiger partial charge in [0.05, 0.1) is 18.2 Å². The quantitative estimate of drug-likeness (QED) is 0.810. The van der Waals surface area contributed by atoms with E-state index in [9.17, 15) is 0 Å². The standard InChI is InChI=1S/C21H38N2O/c1-15(12-13-16-7-6-14-24-16)22-21-17-8-2-4-10-19(17)23-20-11-5-3-9-18(20)21/h15-23H,2-14H2,1H3/p+1/t15-,16?,17?,18?,19?,20?,21?/m1/s1. The molecule has 4 fully saturated rings. The van der Waals surface area contributed by atoms with E-state index < -0.39 is 0 Å². The molecule has 2 aliphatic carbocycles. The van der Waals surface area contributed by atoms with E-state index in [1.165, 1.54) is 77.0 Å². The van der Waals surface area contributed by atoms with Crippen molar-refractivity contribution >= 4 is 0 Å². The second-order valence-corrected chi connectivity index (χ2v) is 9.22. The summed E-state index contributed by atoms with van der Waals surface area (Å²) in [4.78, 5) is 0. The first-order valence-electron chi connectivity index (χ1n) is 11.0. The normalized spacial score (nSPS) is 43.9. The van der Waals surface area contributed by atoms with Gasteiger partial charge in [0.15, 0.2) is 0 Å². The maximum atomic E-state index is 5.83. The number of hydrogen-bond donors (Lipinski definition) is 2. The van der Waals surface area contributed by atoms with Gasteiger partial charge in [0.25, 0.3) is 0 Å². The zero-order chi connectivity index (χ0) is 16.4. The summed E-state index contributed by atoms with van der Waals surface area (Å²) in [7, 11) is 0. The molecule has 3 N–H and O–H groups in total. The number of piperidine rings is 1. The van der Waals surface area contributed by atoms with Crippen molar-refractivity contribution in [1.82, 2.24) is 5.32 Å². The Kier molecular flexibility index (Phi) is 5.81. The number of hydrogen-bond acceptors (Lipinski definition) is 2. The largest absolute Gasteiger partial charge is 0.378 e. The zero-order valence-corrected chi connectivity index (χ0v) is 15.7. The van der Waals surface area contributed by atoms with Crippen molar-refractivity contribution < 1.29 is 10.1 Å². The summed E-state index contributed by atoms with van der Waals surface area (Å²) in [5, 5.41) is 6.99. The highest BCUT2D eigenvalue weighted by Gasteiger charge is 2.48. The molecule has 2 aliphatic heterocycles. The van der Waals surface area contributed by atoms with Crippen LogP contribution in [0.25, 0.3) is 0 Å². The molecule has 2 heterocycles. The molecule has 0 aromatic heterocycles. The van der Waals surface area contributed by atoms with Crippen LogP contribution in [0.4, 0.5) is 0 Å². The van der Waals surface area contributed by atoms with E-state index in [-0.39, 0.29) is 0 Å². The summed E-state index contributed by atoms with van der Waals surface area (Å²) < 4.78 is 5.83. The van der Waals surface area contributed by atoms with Crippen LogP contribution < -0.4 is 10.6 Å². The van der Waals surface area contributed by atoms with Crippen molar-refractivity contribution in [2.45, 2.75) is 114 Å². The third-order valence-electron chi connectivity index (χ3n) is 7.59. The van der Waals surface area contributed by atoms with Crippen molar-refractivity contribution in [1.29, 1.82) is 0 Å². The molecule has 3 nitrogen and oxygen atoms in total. The van der Waals surface area contributed by atoms with E-state index in [1.807, 2.05) is 0 Å². The van der Waals surface area contributed by atoms with Crippen LogP contribution in [0.3, 0.4) is 0 Å². The van der Waals surface area contributed by atoms with Gasteiger partial charge in [-0.3, -0.25) is 0 Å². The lowest BCUT2D eigenvalue weighted by atomic mass is 9.66. The SMILES string of the molecule is C[C@H](CCC1CCCO1)NC1C2CCCCC2[NH2+]C2CCCCC21. The van der Waals surface area contributed by atoms with Gasteiger partial charge in [-0.2, -0.15) is 0 Å². The summed E-state index contributed by atoms with van der Waals surface area (Å²) >= 11 is 0. The lowest BCUT2D eigenvalue weighted by Gasteiger charge is -2.50. The summed E-state index contributed by atoms with van der Waals surface area (Å²) in [6, 6.07) is 3.29. The Hall–Kier alpha value is -0.120. The third-order valence-corrected chi connectivity index (χ3v) is 7.59. The average Bonchev–Trinajstić information content (AvgIpc) is 3.13. The van der Waals surface area contributed by atoms with Crippen LogP contribution >= 0.6 is 0 Å². The minimum atomic E-state index is 0.554. The highest BCUT2D eigenvalue weighted by Crippen LogP contribution is 2.37. The van der Waals surface area contributed by atoms with Gasteiger partial charge in [-0.1, -0.05) is 12.8 Å². The molecular weight excluding hydrogens is 296 g/mol. The van der Waals surface area contributed by atoms with Gasteiger partial charge in [-0.05, 0) is 71.1 Å². The number of quaternary nitrogens is 1. The predicted molar refractivity (Wildman–Crippen MR) is 98.0 cm³/mol. The van der Waals surface area contributed by atoms with Crippen molar-refractivity contribution in [2.75, 3.05) is 6.61 Å². The van der Waals surface area contributed by atoms with E-state index in [4.69, 9.17) is 4.74 Å². The first-order chi connectivity index (χ1) is 11.8. The van der Waals surface area contributed by atoms with Crippen LogP contribution in [0.2, 0.25) is 0 Å². The summed E-state index contributed by atoms with van der Waals surface area (Å²) in [6.45, 7) is 3.43. The van der Waals surface area contributed by atoms with Gasteiger partial charge in [0.1, 0.15) is 0 Å². The molecule has 6 atom stereocenters. The number of rotatable bonds is 5. The van der Waals surface area contributed by atoms with Crippen LogP contribution in [0.5, 0.6) is 0 Å². The molecule has 0 aromatic carbocycles. The minimum Gasteiger partial charge on any atom is -0.378 e. The molecule has 2 saturated heterocycles. The minimum absolute atomic E-state index is 0.554. The Bertz CT molecular complexity index is 373. The molecule has 0 bridgehead atoms. The number of nitrogens with one attached hydrogen (secondary N) is 1. The summed E-state index contributed by atoms with van der Waals surface area (Å²) in [5.74, 6) is 1.87. The molecule has 4 rings (SSSR count). The maximum absolute atomic E-state index is 5.83. The van der Waals surface area contributed by atoms with E-state index in [0.29, 0.717) is 12.1 Å². The molecule has 0 spiro atoms. The van der Waals surface area contributed by atoms with Gasteiger partial charge < -0.3 is 15.4 Å². The van der Waals surface area contributed by atoms with Gasteiger partial charge in [0.2, 0.25) is 0 Å². The van der Waals surface area contributed by atoms with E-state index in [2.05, 4.69) is 17.6 Å². The first-order valence-corrected chi connectivity index (χ1v) is 11.0. The fraction of sp³-hybridized carbons (Fsp3) is 1.00. The van der Waals surface area contributed by atoms with Crippen LogP contribution in [-0.2, 0) is 4.74 Å². The Morgan fingerprint density at radius 2 is 1.58 bits per heavy atom. The fourth-order valence-corrected chi connectivity index (χ4v) is 6.35. The molecule has 0 aromatic rings. The van der Waals surface area contributed by atoms with Crippen molar-refractivity contribution in [2.24, 2.45) is 11.8 Å². The van der Waals surface area contributed by atoms with Crippen molar-refractivity contribution in [3.63, 3.8) is 0 Å². The third kappa shape index (κ3) is 3.83. The molecule has 3 heteroatoms. The topological polar surface area (TPSA) is 37.9 Å². The van der Waals surface area contributed by atoms with Gasteiger partial charge in [-0.15, -0.1) is 0 Å². The lowest BCUT2D eigenvalue weighted by molar-refractivity contribution is -0.749. The predicted octanol–water partition coefficient (Wildman–Crippen LogP) is 2.99. The number of nitrogens with two attached hydrogens (primary N) is 1. The molecule has 24 heavy (non-hydrogen) atoms. The van der Waals surface area contributed by atoms with Gasteiger partial charge >= 0.3 is 0 Å². The highest BCUT2D eigenvalue weighted by molar-refractivity contribution is 4.97. The molecule has 4 aliphatic rings. The van der Waals surface area contributed by atoms with Crippen LogP contribution in [-0.4, -0.2) is 36.9 Å². The number of ether oxygens (including phenoxy) is 1. The van der Waals surface area contributed by atoms with Crippen LogP contribution in [0, 0.1) is 11.8 Å². The Morgan fingerprint density at radius 3 is 2.21 bits per heavy atom. The van der Waals surface area contributed by atoms with Gasteiger partial charge in [0, 0.05) is 30.5 Å². The molecule has 0 radical (unpaired) electrons. The van der Waals surface area contributed by atoms with Crippen molar-refractivity contribution in [3.8, 4) is 0 Å². The number of fused-ring (bicyclic) bond motifs is 2. The zero-order valence-electron chi connectivity index (χ0n) is 15.7. The molecule has 5 unspecified atom stereocenters. The Labute approximate surface area is 148 Å². The fourth-order valence-electron chi connectivity index (χ4n) is 6.35. The highest BCUT2D eigenvalue weighted by atomic mass is 16.5. The van der Waals surface area contributed by atoms with Crippen LogP contribution in [0.1, 0.15) is 84.0 Å². The Balaban J connectivity index is 1.37. The van der Waals surface area contributed by atoms with Crippen molar-refractivity contribution in [3.05, 3.63) is 0 Å².